The van der Waals surface area contributed by atoms with E-state index < -0.39 is 32.1 Å². The van der Waals surface area contributed by atoms with Gasteiger partial charge in [0.1, 0.15) is 6.10 Å². The van der Waals surface area contributed by atoms with Gasteiger partial charge in [-0.2, -0.15) is 0 Å². The molecule has 0 radical (unpaired) electrons. The molecule has 1 aliphatic rings. The van der Waals surface area contributed by atoms with E-state index in [1.165, 1.54) is 51.4 Å². The molecule has 1 heterocycles. The van der Waals surface area contributed by atoms with Crippen LogP contribution < -0.4 is 34.5 Å². The molecule has 0 aromatic rings. The van der Waals surface area contributed by atoms with Crippen molar-refractivity contribution in [3.63, 3.8) is 0 Å². The first-order valence-corrected chi connectivity index (χ1v) is 14.0. The van der Waals surface area contributed by atoms with E-state index in [9.17, 15) is 14.3 Å². The Morgan fingerprint density at radius 2 is 1.58 bits per heavy atom. The van der Waals surface area contributed by atoms with Gasteiger partial charge < -0.3 is 23.8 Å². The van der Waals surface area contributed by atoms with Gasteiger partial charge in [0.2, 0.25) is 0 Å². The molecule has 9 heteroatoms. The summed E-state index contributed by atoms with van der Waals surface area (Å²) in [4.78, 5) is 32.1. The van der Waals surface area contributed by atoms with Crippen LogP contribution in [0.5, 0.6) is 0 Å². The molecule has 1 saturated heterocycles. The molecule has 1 N–H and O–H groups in total. The summed E-state index contributed by atoms with van der Waals surface area (Å²) in [5, 5.41) is 0. The largest absolute Gasteiger partial charge is 1.00 e. The Morgan fingerprint density at radius 3 is 2.15 bits per heavy atom. The monoisotopic (exact) mass is 498 g/mol. The molecule has 33 heavy (non-hydrogen) atoms. The quantitative estimate of drug-likeness (QED) is 0.102. The molecule has 1 fully saturated rings. The molecule has 0 saturated carbocycles. The topological polar surface area (TPSA) is 105 Å². The molecule has 4 atom stereocenters. The van der Waals surface area contributed by atoms with Crippen molar-refractivity contribution in [2.45, 2.75) is 128 Å². The number of carbonyl (C=O) groups is 1. The van der Waals surface area contributed by atoms with E-state index in [1.54, 1.807) is 6.92 Å². The second-order valence-electron chi connectivity index (χ2n) is 8.77. The molecule has 0 aromatic heterocycles. The van der Waals surface area contributed by atoms with Gasteiger partial charge in [0, 0.05) is 19.4 Å². The van der Waals surface area contributed by atoms with Gasteiger partial charge in [-0.05, 0) is 39.0 Å². The van der Waals surface area contributed by atoms with Crippen LogP contribution >= 0.6 is 7.82 Å². The van der Waals surface area contributed by atoms with Gasteiger partial charge in [0.25, 0.3) is 7.82 Å². The van der Waals surface area contributed by atoms with Crippen LogP contribution in [0, 0.1) is 0 Å². The number of hydrogen-bond acceptors (Lipinski definition) is 6. The summed E-state index contributed by atoms with van der Waals surface area (Å²) in [5.74, 6) is -0.391. The molecule has 0 aromatic carbocycles. The van der Waals surface area contributed by atoms with E-state index in [4.69, 9.17) is 14.4 Å². The number of phosphoric ester groups is 1. The zero-order valence-corrected chi connectivity index (χ0v) is 23.9. The second kappa shape index (κ2) is 20.5. The average Bonchev–Trinajstić information content (AvgIpc) is 2.72. The van der Waals surface area contributed by atoms with Crippen LogP contribution in [0.3, 0.4) is 0 Å². The van der Waals surface area contributed by atoms with Crippen LogP contribution in [-0.2, 0) is 23.4 Å². The summed E-state index contributed by atoms with van der Waals surface area (Å²) in [6.45, 7) is 4.23. The number of unbranched alkanes of at least 4 members (excludes halogenated alkanes) is 11. The summed E-state index contributed by atoms with van der Waals surface area (Å²) >= 11 is 0. The van der Waals surface area contributed by atoms with E-state index in [2.05, 4.69) is 23.6 Å². The predicted octanol–water partition coefficient (Wildman–Crippen LogP) is 2.59. The van der Waals surface area contributed by atoms with Crippen molar-refractivity contribution in [2.75, 3.05) is 6.61 Å². The predicted molar refractivity (Wildman–Crippen MR) is 124 cm³/mol. The second-order valence-corrected chi connectivity index (χ2v) is 9.91. The SMILES string of the molecule is CCCCCCCC/C=C\CCCCCCCC(=O)O[C@H]1[C@@H](OP(=O)([O-])O)CCO[C@@H]1C.[Na+]. The van der Waals surface area contributed by atoms with Gasteiger partial charge in [0.15, 0.2) is 6.10 Å². The fraction of sp³-hybridized carbons (Fsp3) is 0.875. The van der Waals surface area contributed by atoms with Crippen LogP contribution in [-0.4, -0.2) is 35.8 Å². The Kier molecular flexibility index (Phi) is 20.6. The molecule has 0 bridgehead atoms. The van der Waals surface area contributed by atoms with E-state index in [0.29, 0.717) is 0 Å². The number of rotatable bonds is 18. The maximum absolute atomic E-state index is 12.1. The number of phosphoric acid groups is 1. The van der Waals surface area contributed by atoms with Crippen molar-refractivity contribution < 1.29 is 62.7 Å². The Labute approximate surface area is 222 Å². The minimum atomic E-state index is -4.90. The van der Waals surface area contributed by atoms with Crippen molar-refractivity contribution in [3.05, 3.63) is 12.2 Å². The zero-order valence-electron chi connectivity index (χ0n) is 21.0. The van der Waals surface area contributed by atoms with Crippen molar-refractivity contribution in [3.8, 4) is 0 Å². The zero-order chi connectivity index (χ0) is 23.7. The summed E-state index contributed by atoms with van der Waals surface area (Å²) in [6.07, 6.45) is 18.3. The third-order valence-electron chi connectivity index (χ3n) is 5.79. The smallest absolute Gasteiger partial charge is 0.756 e. The molecule has 0 spiro atoms. The van der Waals surface area contributed by atoms with Gasteiger partial charge in [0.05, 0.1) is 6.10 Å². The maximum atomic E-state index is 12.1. The summed E-state index contributed by atoms with van der Waals surface area (Å²) in [6, 6.07) is 0. The van der Waals surface area contributed by atoms with Crippen LogP contribution in [0.2, 0.25) is 0 Å². The summed E-state index contributed by atoms with van der Waals surface area (Å²) in [5.41, 5.74) is 0. The molecular formula is C24H44NaO7P. The first kappa shape index (κ1) is 33.3. The minimum Gasteiger partial charge on any atom is -0.756 e. The molecule has 7 nitrogen and oxygen atoms in total. The van der Waals surface area contributed by atoms with Crippen LogP contribution in [0.25, 0.3) is 0 Å². The Hall–Kier alpha value is 0.280. The molecule has 1 unspecified atom stereocenters. The van der Waals surface area contributed by atoms with E-state index >= 15 is 0 Å². The third kappa shape index (κ3) is 18.2. The van der Waals surface area contributed by atoms with E-state index in [0.717, 1.165) is 32.1 Å². The number of allylic oxidation sites excluding steroid dienone is 2. The van der Waals surface area contributed by atoms with Crippen LogP contribution in [0.4, 0.5) is 0 Å². The molecule has 1 rings (SSSR count). The Morgan fingerprint density at radius 1 is 1.03 bits per heavy atom. The number of ether oxygens (including phenoxy) is 2. The van der Waals surface area contributed by atoms with Crippen molar-refractivity contribution >= 4 is 13.8 Å². The maximum Gasteiger partial charge on any atom is 1.00 e. The molecule has 0 amide bonds. The third-order valence-corrected chi connectivity index (χ3v) is 6.33. The van der Waals surface area contributed by atoms with Gasteiger partial charge in [-0.25, -0.2) is 0 Å². The summed E-state index contributed by atoms with van der Waals surface area (Å²) in [7, 11) is -4.90. The average molecular weight is 499 g/mol. The first-order valence-electron chi connectivity index (χ1n) is 12.5. The fourth-order valence-electron chi connectivity index (χ4n) is 3.94. The minimum absolute atomic E-state index is 0. The molecule has 0 aliphatic carbocycles. The fourth-order valence-corrected chi connectivity index (χ4v) is 4.51. The summed E-state index contributed by atoms with van der Waals surface area (Å²) < 4.78 is 26.6. The van der Waals surface area contributed by atoms with Crippen molar-refractivity contribution in [1.29, 1.82) is 0 Å². The van der Waals surface area contributed by atoms with Gasteiger partial charge >= 0.3 is 35.5 Å². The van der Waals surface area contributed by atoms with Crippen LogP contribution in [0.1, 0.15) is 110 Å². The van der Waals surface area contributed by atoms with Crippen molar-refractivity contribution in [1.82, 2.24) is 0 Å². The van der Waals surface area contributed by atoms with Gasteiger partial charge in [-0.15, -0.1) is 0 Å². The number of esters is 1. The number of hydrogen-bond donors (Lipinski definition) is 1. The normalized spacial score (nSPS) is 22.6. The number of carbonyl (C=O) groups excluding carboxylic acids is 1. The van der Waals surface area contributed by atoms with Gasteiger partial charge in [-0.3, -0.25) is 9.36 Å². The van der Waals surface area contributed by atoms with Gasteiger partial charge in [-0.1, -0.05) is 70.4 Å². The van der Waals surface area contributed by atoms with E-state index in [1.807, 2.05) is 0 Å². The van der Waals surface area contributed by atoms with Crippen molar-refractivity contribution in [2.24, 2.45) is 0 Å². The molecule has 1 aliphatic heterocycles. The molecule has 188 valence electrons. The van der Waals surface area contributed by atoms with Crippen LogP contribution in [0.15, 0.2) is 12.2 Å². The van der Waals surface area contributed by atoms with E-state index in [-0.39, 0.29) is 49.0 Å². The first-order chi connectivity index (χ1) is 15.3. The standard InChI is InChI=1S/C24H45O7P.Na/c1-3-4-5-6-7-8-9-10-11-12-13-14-15-16-17-18-23(25)30-24-21(2)29-20-19-22(24)31-32(26,27)28;/h10-11,21-22,24H,3-9,12-20H2,1-2H3,(H2,26,27,28);/q;+1/p-1/b11-10-;/t21-,22+,24-;/m1./s1. The Bertz CT molecular complexity index is 567. The molecular weight excluding hydrogens is 454 g/mol. The Balaban J connectivity index is 0.0000102.